The molecular weight excluding hydrogens is 568 g/mol. The predicted octanol–water partition coefficient (Wildman–Crippen LogP) is 6.18. The first-order valence-electron chi connectivity index (χ1n) is 9.19. The summed E-state index contributed by atoms with van der Waals surface area (Å²) in [7, 11) is -0.948. The van der Waals surface area contributed by atoms with Gasteiger partial charge in [0.2, 0.25) is 0 Å². The van der Waals surface area contributed by atoms with Crippen LogP contribution < -0.4 is 5.73 Å². The number of hydrogen-bond donors (Lipinski definition) is 1. The van der Waals surface area contributed by atoms with E-state index in [1.165, 1.54) is 26.0 Å². The first-order chi connectivity index (χ1) is 13.3. The quantitative estimate of drug-likeness (QED) is 0.193. The zero-order valence-electron chi connectivity index (χ0n) is 18.3. The van der Waals surface area contributed by atoms with Crippen LogP contribution in [-0.2, 0) is 16.3 Å². The minimum Gasteiger partial charge on any atom is -0.395 e. The van der Waals surface area contributed by atoms with Gasteiger partial charge in [-0.25, -0.2) is 9.07 Å². The number of anilines is 1. The van der Waals surface area contributed by atoms with Crippen LogP contribution in [0.25, 0.3) is 0 Å². The Bertz CT molecular complexity index is 765. The number of ether oxygens (including phenoxy) is 1. The molecule has 2 aromatic rings. The summed E-state index contributed by atoms with van der Waals surface area (Å²) in [5.74, 6) is -0.202. The van der Waals surface area contributed by atoms with Crippen LogP contribution in [0.2, 0.25) is 25.7 Å². The van der Waals surface area contributed by atoms with Gasteiger partial charge in [0.15, 0.2) is 0 Å². The van der Waals surface area contributed by atoms with E-state index >= 15 is 0 Å². The minimum absolute atomic E-state index is 0.167. The summed E-state index contributed by atoms with van der Waals surface area (Å²) in [6, 6.07) is 4.59. The SMILES string of the molecule is CC(C)=O.Cc1c(Br)cc(F)c(N)c1I.Cc1ccnn1COCC[Si](C)(C)C. The van der Waals surface area contributed by atoms with Crippen LogP contribution in [0.1, 0.15) is 25.1 Å². The zero-order chi connectivity index (χ0) is 22.8. The fourth-order valence-electron chi connectivity index (χ4n) is 1.77. The number of hydrogen-bond acceptors (Lipinski definition) is 4. The minimum atomic E-state index is -0.948. The van der Waals surface area contributed by atoms with Crippen LogP contribution in [0, 0.1) is 23.2 Å². The van der Waals surface area contributed by atoms with Crippen LogP contribution in [0.5, 0.6) is 0 Å². The number of nitrogens with zero attached hydrogens (tertiary/aromatic N) is 2. The van der Waals surface area contributed by atoms with Crippen molar-refractivity contribution in [3.8, 4) is 0 Å². The van der Waals surface area contributed by atoms with E-state index in [1.807, 2.05) is 47.2 Å². The third-order valence-corrected chi connectivity index (χ3v) is 7.49. The standard InChI is InChI=1S/C10H20N2OSi.C7H6BrFIN.C3H6O/c1-10-5-6-11-12(10)9-13-7-8-14(2,3)4;1-3-4(8)2-5(9)7(11)6(3)10;1-3(2)4/h5-6H,7-9H2,1-4H3;2H,11H2,1H3;1-2H3. The molecule has 0 fully saturated rings. The summed E-state index contributed by atoms with van der Waals surface area (Å²) >= 11 is 5.26. The molecule has 5 nitrogen and oxygen atoms in total. The third-order valence-electron chi connectivity index (χ3n) is 3.57. The van der Waals surface area contributed by atoms with E-state index in [-0.39, 0.29) is 17.3 Å². The van der Waals surface area contributed by atoms with Gasteiger partial charge in [-0.1, -0.05) is 35.6 Å². The van der Waals surface area contributed by atoms with Gasteiger partial charge in [-0.15, -0.1) is 0 Å². The lowest BCUT2D eigenvalue weighted by molar-refractivity contribution is -0.114. The summed E-state index contributed by atoms with van der Waals surface area (Å²) in [6.07, 6.45) is 1.80. The van der Waals surface area contributed by atoms with E-state index in [0.29, 0.717) is 6.73 Å². The molecule has 29 heavy (non-hydrogen) atoms. The van der Waals surface area contributed by atoms with E-state index in [2.05, 4.69) is 40.7 Å². The van der Waals surface area contributed by atoms with E-state index in [1.54, 1.807) is 6.20 Å². The Balaban J connectivity index is 0.000000466. The Hall–Kier alpha value is -0.783. The average Bonchev–Trinajstić information content (AvgIpc) is 2.99. The summed E-state index contributed by atoms with van der Waals surface area (Å²) in [5.41, 5.74) is 7.80. The van der Waals surface area contributed by atoms with Crippen LogP contribution in [0.3, 0.4) is 0 Å². The highest BCUT2D eigenvalue weighted by atomic mass is 127. The number of aryl methyl sites for hydroxylation is 1. The Morgan fingerprint density at radius 3 is 2.34 bits per heavy atom. The molecule has 0 aliphatic rings. The van der Waals surface area contributed by atoms with Gasteiger partial charge < -0.3 is 15.3 Å². The Kier molecular flexibility index (Phi) is 13.1. The molecule has 1 aromatic carbocycles. The normalized spacial score (nSPS) is 10.6. The molecule has 0 amide bonds. The Morgan fingerprint density at radius 1 is 1.34 bits per heavy atom. The van der Waals surface area contributed by atoms with Crippen molar-refractivity contribution in [3.63, 3.8) is 0 Å². The van der Waals surface area contributed by atoms with Crippen molar-refractivity contribution in [1.82, 2.24) is 9.78 Å². The van der Waals surface area contributed by atoms with Crippen molar-refractivity contribution in [1.29, 1.82) is 0 Å². The highest BCUT2D eigenvalue weighted by molar-refractivity contribution is 14.1. The van der Waals surface area contributed by atoms with Crippen LogP contribution >= 0.6 is 38.5 Å². The van der Waals surface area contributed by atoms with Crippen LogP contribution in [0.4, 0.5) is 10.1 Å². The van der Waals surface area contributed by atoms with Crippen LogP contribution in [-0.4, -0.2) is 30.2 Å². The maximum Gasteiger partial charge on any atom is 0.148 e. The second-order valence-corrected chi connectivity index (χ2v) is 15.5. The maximum absolute atomic E-state index is 12.9. The third kappa shape index (κ3) is 12.5. The number of halogens is 3. The number of ketones is 1. The van der Waals surface area contributed by atoms with Crippen molar-refractivity contribution in [3.05, 3.63) is 43.4 Å². The summed E-state index contributed by atoms with van der Waals surface area (Å²) in [4.78, 5) is 9.44. The van der Waals surface area contributed by atoms with E-state index in [9.17, 15) is 9.18 Å². The molecule has 0 bridgehead atoms. The lowest BCUT2D eigenvalue weighted by atomic mass is 10.2. The van der Waals surface area contributed by atoms with Gasteiger partial charge in [0, 0.05) is 34.6 Å². The number of aromatic nitrogens is 2. The number of rotatable bonds is 5. The lowest BCUT2D eigenvalue weighted by Gasteiger charge is -2.15. The number of nitrogens with two attached hydrogens (primary N) is 1. The molecule has 0 spiro atoms. The lowest BCUT2D eigenvalue weighted by Crippen LogP contribution is -2.22. The molecule has 9 heteroatoms. The number of nitrogen functional groups attached to an aromatic ring is 1. The van der Waals surface area contributed by atoms with Gasteiger partial charge in [-0.05, 0) is 74.0 Å². The van der Waals surface area contributed by atoms with Gasteiger partial charge in [-0.2, -0.15) is 5.10 Å². The molecule has 0 aliphatic heterocycles. The summed E-state index contributed by atoms with van der Waals surface area (Å²) in [6.45, 7) is 15.5. The highest BCUT2D eigenvalue weighted by Crippen LogP contribution is 2.28. The topological polar surface area (TPSA) is 70.1 Å². The van der Waals surface area contributed by atoms with Gasteiger partial charge in [-0.3, -0.25) is 0 Å². The maximum atomic E-state index is 12.9. The summed E-state index contributed by atoms with van der Waals surface area (Å²) in [5, 5.41) is 4.15. The van der Waals surface area contributed by atoms with E-state index in [0.717, 1.165) is 25.9 Å². The largest absolute Gasteiger partial charge is 0.395 e. The second-order valence-electron chi connectivity index (χ2n) is 7.92. The number of benzene rings is 1. The van der Waals surface area contributed by atoms with Crippen LogP contribution in [0.15, 0.2) is 22.8 Å². The fourth-order valence-corrected chi connectivity index (χ4v) is 3.85. The van der Waals surface area contributed by atoms with Crippen molar-refractivity contribution < 1.29 is 13.9 Å². The summed E-state index contributed by atoms with van der Waals surface area (Å²) < 4.78 is 21.8. The van der Waals surface area contributed by atoms with E-state index < -0.39 is 8.07 Å². The van der Waals surface area contributed by atoms with Crippen molar-refractivity contribution in [2.24, 2.45) is 0 Å². The molecule has 0 aliphatic carbocycles. The zero-order valence-corrected chi connectivity index (χ0v) is 23.0. The fraction of sp³-hybridized carbons (Fsp3) is 0.500. The van der Waals surface area contributed by atoms with Gasteiger partial charge in [0.05, 0.1) is 5.69 Å². The molecule has 1 aromatic heterocycles. The molecule has 1 heterocycles. The molecule has 164 valence electrons. The predicted molar refractivity (Wildman–Crippen MR) is 133 cm³/mol. The molecule has 2 N–H and O–H groups in total. The molecule has 0 unspecified atom stereocenters. The molecule has 0 radical (unpaired) electrons. The number of carbonyl (C=O) groups is 1. The number of carbonyl (C=O) groups excluding carboxylic acids is 1. The van der Waals surface area contributed by atoms with E-state index in [4.69, 9.17) is 10.5 Å². The average molecular weight is 600 g/mol. The Labute approximate surface area is 196 Å². The molecule has 2 rings (SSSR count). The molecule has 0 saturated heterocycles. The van der Waals surface area contributed by atoms with Gasteiger partial charge >= 0.3 is 0 Å². The molecule has 0 saturated carbocycles. The van der Waals surface area contributed by atoms with Gasteiger partial charge in [0.1, 0.15) is 18.3 Å². The second kappa shape index (κ2) is 13.5. The molecular formula is C20H32BrFIN3O2Si. The molecule has 0 atom stereocenters. The smallest absolute Gasteiger partial charge is 0.148 e. The van der Waals surface area contributed by atoms with Crippen molar-refractivity contribution in [2.75, 3.05) is 12.3 Å². The first-order valence-corrected chi connectivity index (χ1v) is 14.8. The Morgan fingerprint density at radius 2 is 1.90 bits per heavy atom. The first kappa shape index (κ1) is 28.2. The van der Waals surface area contributed by atoms with Gasteiger partial charge in [0.25, 0.3) is 0 Å². The van der Waals surface area contributed by atoms with Crippen molar-refractivity contribution >= 4 is 58.1 Å². The highest BCUT2D eigenvalue weighted by Gasteiger charge is 2.12. The number of Topliss-reactive ketones (excluding diaryl/α,β-unsaturated/α-hetero) is 1. The van der Waals surface area contributed by atoms with Crippen molar-refractivity contribution in [2.45, 2.75) is 60.1 Å². The monoisotopic (exact) mass is 599 g/mol.